The fraction of sp³-hybridized carbons (Fsp3) is 0.379. The van der Waals surface area contributed by atoms with Gasteiger partial charge in [-0.05, 0) is 67.8 Å². The summed E-state index contributed by atoms with van der Waals surface area (Å²) in [7, 11) is -3.56. The van der Waals surface area contributed by atoms with Crippen molar-refractivity contribution in [3.05, 3.63) is 64.5 Å². The van der Waals surface area contributed by atoms with E-state index < -0.39 is 10.0 Å². The van der Waals surface area contributed by atoms with Crippen molar-refractivity contribution in [2.75, 3.05) is 31.5 Å². The first-order valence-corrected chi connectivity index (χ1v) is 16.7. The molecule has 10 heteroatoms. The summed E-state index contributed by atoms with van der Waals surface area (Å²) in [5, 5.41) is 4.89. The van der Waals surface area contributed by atoms with Gasteiger partial charge in [-0.1, -0.05) is 31.9 Å². The Balaban J connectivity index is 1.29. The summed E-state index contributed by atoms with van der Waals surface area (Å²) in [6, 6.07) is 14.5. The number of para-hydroxylation sites is 1. The van der Waals surface area contributed by atoms with Crippen molar-refractivity contribution in [2.24, 2.45) is 0 Å². The molecule has 204 valence electrons. The number of carbonyl (C=O) groups excluding carboxylic acids is 1. The zero-order valence-corrected chi connectivity index (χ0v) is 24.4. The lowest BCUT2D eigenvalue weighted by Crippen LogP contribution is -2.31. The second-order valence-electron chi connectivity index (χ2n) is 10.1. The highest BCUT2D eigenvalue weighted by Gasteiger charge is 2.28. The molecular formula is C29H32N4O3S3. The van der Waals surface area contributed by atoms with Gasteiger partial charge in [0, 0.05) is 42.2 Å². The Morgan fingerprint density at radius 1 is 0.974 bits per heavy atom. The summed E-state index contributed by atoms with van der Waals surface area (Å²) in [5.74, 6) is -0.248. The topological polar surface area (TPSA) is 82.6 Å². The lowest BCUT2D eigenvalue weighted by atomic mass is 10.0. The highest BCUT2D eigenvalue weighted by atomic mass is 32.2. The zero-order chi connectivity index (χ0) is 27.0. The Labute approximate surface area is 237 Å². The molecule has 39 heavy (non-hydrogen) atoms. The van der Waals surface area contributed by atoms with Gasteiger partial charge in [0.25, 0.3) is 5.91 Å². The molecule has 2 aromatic carbocycles. The number of thiazole rings is 1. The summed E-state index contributed by atoms with van der Waals surface area (Å²) < 4.78 is 29.0. The minimum Gasteiger partial charge on any atom is -0.313 e. The first kappa shape index (κ1) is 26.6. The molecule has 1 fully saturated rings. The SMILES string of the molecule is CCN1CCc2c(sc(NC(=O)c3ccc(S(=O)(=O)N4CCCCCC4)cc3)c2-c2nc3ccccc3s2)C1. The molecule has 0 spiro atoms. The van der Waals surface area contributed by atoms with E-state index in [-0.39, 0.29) is 10.8 Å². The van der Waals surface area contributed by atoms with Crippen molar-refractivity contribution >= 4 is 53.8 Å². The van der Waals surface area contributed by atoms with E-state index in [9.17, 15) is 13.2 Å². The Morgan fingerprint density at radius 2 is 1.72 bits per heavy atom. The van der Waals surface area contributed by atoms with Crippen LogP contribution in [0, 0.1) is 0 Å². The number of hydrogen-bond acceptors (Lipinski definition) is 7. The van der Waals surface area contributed by atoms with Crippen LogP contribution in [0.25, 0.3) is 20.8 Å². The standard InChI is InChI=1S/C29H32N4O3S3/c1-2-32-18-15-22-25(19-32)38-29(26(22)28-30-23-9-5-6-10-24(23)37-28)31-27(34)20-11-13-21(14-12-20)39(35,36)33-16-7-3-4-8-17-33/h5-6,9-14H,2-4,7-8,15-19H2,1H3,(H,31,34). The summed E-state index contributed by atoms with van der Waals surface area (Å²) in [6.45, 7) is 6.12. The van der Waals surface area contributed by atoms with Gasteiger partial charge in [-0.3, -0.25) is 9.69 Å². The molecule has 0 bridgehead atoms. The summed E-state index contributed by atoms with van der Waals surface area (Å²) >= 11 is 3.28. The number of rotatable bonds is 6. The third-order valence-electron chi connectivity index (χ3n) is 7.64. The van der Waals surface area contributed by atoms with Gasteiger partial charge >= 0.3 is 0 Å². The maximum atomic E-state index is 13.4. The van der Waals surface area contributed by atoms with Crippen LogP contribution in [0.1, 0.15) is 53.4 Å². The van der Waals surface area contributed by atoms with E-state index in [1.807, 2.05) is 18.2 Å². The number of amides is 1. The van der Waals surface area contributed by atoms with E-state index in [0.29, 0.717) is 18.7 Å². The van der Waals surface area contributed by atoms with E-state index in [1.54, 1.807) is 51.2 Å². The van der Waals surface area contributed by atoms with Gasteiger partial charge in [0.05, 0.1) is 15.1 Å². The quantitative estimate of drug-likeness (QED) is 0.293. The van der Waals surface area contributed by atoms with Crippen LogP contribution in [0.2, 0.25) is 0 Å². The zero-order valence-electron chi connectivity index (χ0n) is 22.0. The average Bonchev–Trinajstić information content (AvgIpc) is 3.41. The molecule has 0 saturated carbocycles. The number of nitrogens with one attached hydrogen (secondary N) is 1. The van der Waals surface area contributed by atoms with E-state index in [0.717, 1.165) is 77.5 Å². The lowest BCUT2D eigenvalue weighted by Gasteiger charge is -2.25. The van der Waals surface area contributed by atoms with Crippen LogP contribution in [0.3, 0.4) is 0 Å². The summed E-state index contributed by atoms with van der Waals surface area (Å²) in [5.41, 5.74) is 3.70. The van der Waals surface area contributed by atoms with Crippen molar-refractivity contribution in [3.63, 3.8) is 0 Å². The monoisotopic (exact) mass is 580 g/mol. The number of anilines is 1. The van der Waals surface area contributed by atoms with Gasteiger partial charge in [0.2, 0.25) is 10.0 Å². The van der Waals surface area contributed by atoms with Crippen molar-refractivity contribution in [3.8, 4) is 10.6 Å². The largest absolute Gasteiger partial charge is 0.313 e. The van der Waals surface area contributed by atoms with Crippen molar-refractivity contribution < 1.29 is 13.2 Å². The number of sulfonamides is 1. The van der Waals surface area contributed by atoms with Gasteiger partial charge in [-0.2, -0.15) is 4.31 Å². The van der Waals surface area contributed by atoms with Gasteiger partial charge in [0.1, 0.15) is 10.0 Å². The van der Waals surface area contributed by atoms with Crippen LogP contribution in [-0.4, -0.2) is 54.7 Å². The second-order valence-corrected chi connectivity index (χ2v) is 14.2. The fourth-order valence-electron chi connectivity index (χ4n) is 5.40. The van der Waals surface area contributed by atoms with Crippen LogP contribution >= 0.6 is 22.7 Å². The van der Waals surface area contributed by atoms with Gasteiger partial charge in [-0.25, -0.2) is 13.4 Å². The first-order chi connectivity index (χ1) is 18.9. The molecule has 0 aliphatic carbocycles. The van der Waals surface area contributed by atoms with Gasteiger partial charge in [0.15, 0.2) is 0 Å². The van der Waals surface area contributed by atoms with Crippen LogP contribution in [0.15, 0.2) is 53.4 Å². The van der Waals surface area contributed by atoms with E-state index in [4.69, 9.17) is 4.98 Å². The van der Waals surface area contributed by atoms with Crippen LogP contribution in [-0.2, 0) is 23.0 Å². The number of benzene rings is 2. The predicted molar refractivity (Wildman–Crippen MR) is 159 cm³/mol. The van der Waals surface area contributed by atoms with Crippen LogP contribution in [0.4, 0.5) is 5.00 Å². The third-order valence-corrected chi connectivity index (χ3v) is 11.7. The fourth-order valence-corrected chi connectivity index (χ4v) is 9.32. The number of fused-ring (bicyclic) bond motifs is 2. The summed E-state index contributed by atoms with van der Waals surface area (Å²) in [4.78, 5) is 22.3. The Morgan fingerprint density at radius 3 is 2.44 bits per heavy atom. The molecule has 1 saturated heterocycles. The number of aromatic nitrogens is 1. The van der Waals surface area contributed by atoms with Crippen molar-refractivity contribution in [2.45, 2.75) is 50.5 Å². The molecular weight excluding hydrogens is 549 g/mol. The molecule has 6 rings (SSSR count). The molecule has 0 radical (unpaired) electrons. The molecule has 2 aliphatic heterocycles. The number of likely N-dealkylation sites (N-methyl/N-ethyl adjacent to an activating group) is 1. The third kappa shape index (κ3) is 5.28. The molecule has 0 unspecified atom stereocenters. The normalized spacial score (nSPS) is 17.2. The molecule has 7 nitrogen and oxygen atoms in total. The summed E-state index contributed by atoms with van der Waals surface area (Å²) in [6.07, 6.45) is 4.82. The van der Waals surface area contributed by atoms with E-state index >= 15 is 0 Å². The Kier molecular flexibility index (Phi) is 7.56. The number of carbonyl (C=O) groups is 1. The minimum absolute atomic E-state index is 0.238. The van der Waals surface area contributed by atoms with Gasteiger partial charge in [-0.15, -0.1) is 22.7 Å². The Hall–Kier alpha value is -2.63. The van der Waals surface area contributed by atoms with Gasteiger partial charge < -0.3 is 5.32 Å². The van der Waals surface area contributed by atoms with Crippen molar-refractivity contribution in [1.82, 2.24) is 14.2 Å². The molecule has 4 heterocycles. The Bertz CT molecular complexity index is 1570. The number of thiophene rings is 1. The molecule has 2 aromatic heterocycles. The maximum absolute atomic E-state index is 13.4. The molecule has 4 aromatic rings. The predicted octanol–water partition coefficient (Wildman–Crippen LogP) is 6.22. The lowest BCUT2D eigenvalue weighted by molar-refractivity contribution is 0.102. The van der Waals surface area contributed by atoms with E-state index in [2.05, 4.69) is 23.2 Å². The number of nitrogens with zero attached hydrogens (tertiary/aromatic N) is 3. The highest BCUT2D eigenvalue weighted by Crippen LogP contribution is 2.45. The average molecular weight is 581 g/mol. The van der Waals surface area contributed by atoms with Crippen LogP contribution in [0.5, 0.6) is 0 Å². The first-order valence-electron chi connectivity index (χ1n) is 13.6. The minimum atomic E-state index is -3.56. The smallest absolute Gasteiger partial charge is 0.256 e. The van der Waals surface area contributed by atoms with Crippen molar-refractivity contribution in [1.29, 1.82) is 0 Å². The highest BCUT2D eigenvalue weighted by molar-refractivity contribution is 7.89. The molecule has 0 atom stereocenters. The molecule has 2 aliphatic rings. The molecule has 1 N–H and O–H groups in total. The van der Waals surface area contributed by atoms with Crippen LogP contribution < -0.4 is 5.32 Å². The number of hydrogen-bond donors (Lipinski definition) is 1. The van der Waals surface area contributed by atoms with E-state index in [1.165, 1.54) is 10.4 Å². The molecule has 1 amide bonds. The maximum Gasteiger partial charge on any atom is 0.256 e. The second kappa shape index (κ2) is 11.1.